The van der Waals surface area contributed by atoms with Crippen LogP contribution in [0.25, 0.3) is 0 Å². The molecule has 5 nitrogen and oxygen atoms in total. The van der Waals surface area contributed by atoms with E-state index >= 15 is 0 Å². The SMILES string of the molecule is CC(C)CNc1nccc(C(=O)Nc2ccc(C(C)(C)C)cc2)n1. The third-order valence-electron chi connectivity index (χ3n) is 3.57. The maximum Gasteiger partial charge on any atom is 0.274 e. The lowest BCUT2D eigenvalue weighted by Crippen LogP contribution is -2.17. The van der Waals surface area contributed by atoms with Gasteiger partial charge in [-0.15, -0.1) is 0 Å². The number of rotatable bonds is 5. The summed E-state index contributed by atoms with van der Waals surface area (Å²) in [6.07, 6.45) is 1.59. The first-order valence-electron chi connectivity index (χ1n) is 8.24. The first-order chi connectivity index (χ1) is 11.3. The predicted octanol–water partition coefficient (Wildman–Crippen LogP) is 4.09. The Morgan fingerprint density at radius 2 is 1.79 bits per heavy atom. The highest BCUT2D eigenvalue weighted by Gasteiger charge is 2.14. The molecule has 5 heteroatoms. The summed E-state index contributed by atoms with van der Waals surface area (Å²) in [6, 6.07) is 9.50. The Labute approximate surface area is 143 Å². The van der Waals surface area contributed by atoms with Crippen molar-refractivity contribution < 1.29 is 4.79 Å². The molecule has 2 aromatic rings. The number of hydrogen-bond acceptors (Lipinski definition) is 4. The molecule has 0 spiro atoms. The van der Waals surface area contributed by atoms with E-state index in [9.17, 15) is 4.79 Å². The molecule has 0 atom stereocenters. The molecular weight excluding hydrogens is 300 g/mol. The van der Waals surface area contributed by atoms with Crippen molar-refractivity contribution in [3.63, 3.8) is 0 Å². The molecule has 0 aliphatic heterocycles. The zero-order valence-corrected chi connectivity index (χ0v) is 15.1. The van der Waals surface area contributed by atoms with E-state index in [-0.39, 0.29) is 11.3 Å². The molecule has 0 aliphatic rings. The largest absolute Gasteiger partial charge is 0.354 e. The minimum Gasteiger partial charge on any atom is -0.354 e. The van der Waals surface area contributed by atoms with Crippen LogP contribution >= 0.6 is 0 Å². The number of anilines is 2. The van der Waals surface area contributed by atoms with Crippen LogP contribution in [0.5, 0.6) is 0 Å². The summed E-state index contributed by atoms with van der Waals surface area (Å²) in [7, 11) is 0. The van der Waals surface area contributed by atoms with Crippen molar-refractivity contribution in [3.8, 4) is 0 Å². The van der Waals surface area contributed by atoms with Gasteiger partial charge in [-0.05, 0) is 35.1 Å². The van der Waals surface area contributed by atoms with E-state index in [1.54, 1.807) is 12.3 Å². The van der Waals surface area contributed by atoms with Crippen molar-refractivity contribution in [2.45, 2.75) is 40.0 Å². The summed E-state index contributed by atoms with van der Waals surface area (Å²) < 4.78 is 0. The number of nitrogens with one attached hydrogen (secondary N) is 2. The van der Waals surface area contributed by atoms with Crippen LogP contribution in [0.2, 0.25) is 0 Å². The van der Waals surface area contributed by atoms with E-state index in [0.717, 1.165) is 12.2 Å². The normalized spacial score (nSPS) is 11.4. The van der Waals surface area contributed by atoms with Gasteiger partial charge in [-0.3, -0.25) is 4.79 Å². The first kappa shape index (κ1) is 17.9. The van der Waals surface area contributed by atoms with Gasteiger partial charge in [-0.25, -0.2) is 9.97 Å². The molecule has 0 saturated heterocycles. The highest BCUT2D eigenvalue weighted by atomic mass is 16.1. The van der Waals surface area contributed by atoms with Crippen LogP contribution in [0.4, 0.5) is 11.6 Å². The van der Waals surface area contributed by atoms with Crippen LogP contribution in [0, 0.1) is 5.92 Å². The van der Waals surface area contributed by atoms with Crippen molar-refractivity contribution in [1.82, 2.24) is 9.97 Å². The summed E-state index contributed by atoms with van der Waals surface area (Å²) in [5, 5.41) is 6.00. The number of aromatic nitrogens is 2. The lowest BCUT2D eigenvalue weighted by atomic mass is 9.87. The van der Waals surface area contributed by atoms with E-state index in [0.29, 0.717) is 17.6 Å². The first-order valence-corrected chi connectivity index (χ1v) is 8.24. The van der Waals surface area contributed by atoms with Crippen LogP contribution in [-0.2, 0) is 5.41 Å². The van der Waals surface area contributed by atoms with Crippen molar-refractivity contribution in [2.75, 3.05) is 17.2 Å². The van der Waals surface area contributed by atoms with Gasteiger partial charge in [0.15, 0.2) is 0 Å². The molecule has 2 rings (SSSR count). The van der Waals surface area contributed by atoms with Crippen molar-refractivity contribution in [1.29, 1.82) is 0 Å². The number of amides is 1. The summed E-state index contributed by atoms with van der Waals surface area (Å²) in [5.41, 5.74) is 2.41. The highest BCUT2D eigenvalue weighted by molar-refractivity contribution is 6.02. The van der Waals surface area contributed by atoms with Crippen LogP contribution in [0.1, 0.15) is 50.7 Å². The van der Waals surface area contributed by atoms with E-state index in [1.807, 2.05) is 24.3 Å². The average Bonchev–Trinajstić information content (AvgIpc) is 2.53. The zero-order valence-electron chi connectivity index (χ0n) is 15.1. The fraction of sp³-hybridized carbons (Fsp3) is 0.421. The summed E-state index contributed by atoms with van der Waals surface area (Å²) in [6.45, 7) is 11.4. The quantitative estimate of drug-likeness (QED) is 0.868. The number of carbonyl (C=O) groups excluding carboxylic acids is 1. The van der Waals surface area contributed by atoms with Crippen molar-refractivity contribution >= 4 is 17.5 Å². The van der Waals surface area contributed by atoms with Gasteiger partial charge < -0.3 is 10.6 Å². The van der Waals surface area contributed by atoms with Gasteiger partial charge in [0.1, 0.15) is 5.69 Å². The smallest absolute Gasteiger partial charge is 0.274 e. The monoisotopic (exact) mass is 326 g/mol. The highest BCUT2D eigenvalue weighted by Crippen LogP contribution is 2.23. The predicted molar refractivity (Wildman–Crippen MR) is 98.5 cm³/mol. The topological polar surface area (TPSA) is 66.9 Å². The Bertz CT molecular complexity index is 687. The minimum absolute atomic E-state index is 0.0895. The summed E-state index contributed by atoms with van der Waals surface area (Å²) >= 11 is 0. The Kier molecular flexibility index (Phi) is 5.54. The number of hydrogen-bond donors (Lipinski definition) is 2. The third kappa shape index (κ3) is 5.05. The van der Waals surface area contributed by atoms with Crippen molar-refractivity contribution in [2.24, 2.45) is 5.92 Å². The molecule has 1 aromatic heterocycles. The van der Waals surface area contributed by atoms with Gasteiger partial charge in [0, 0.05) is 18.4 Å². The van der Waals surface area contributed by atoms with Gasteiger partial charge in [-0.2, -0.15) is 0 Å². The van der Waals surface area contributed by atoms with E-state index in [4.69, 9.17) is 0 Å². The zero-order chi connectivity index (χ0) is 17.7. The van der Waals surface area contributed by atoms with Gasteiger partial charge in [-0.1, -0.05) is 46.8 Å². The van der Waals surface area contributed by atoms with Crippen LogP contribution < -0.4 is 10.6 Å². The minimum atomic E-state index is -0.242. The third-order valence-corrected chi connectivity index (χ3v) is 3.57. The maximum atomic E-state index is 12.4. The number of nitrogens with zero attached hydrogens (tertiary/aromatic N) is 2. The second-order valence-corrected chi connectivity index (χ2v) is 7.32. The lowest BCUT2D eigenvalue weighted by molar-refractivity contribution is 0.102. The number of carbonyl (C=O) groups is 1. The summed E-state index contributed by atoms with van der Waals surface area (Å²) in [4.78, 5) is 20.8. The molecular formula is C19H26N4O. The molecule has 0 bridgehead atoms. The van der Waals surface area contributed by atoms with Crippen LogP contribution in [0.3, 0.4) is 0 Å². The molecule has 1 amide bonds. The molecule has 0 radical (unpaired) electrons. The molecule has 24 heavy (non-hydrogen) atoms. The Hall–Kier alpha value is -2.43. The van der Waals surface area contributed by atoms with Gasteiger partial charge in [0.05, 0.1) is 0 Å². The van der Waals surface area contributed by atoms with E-state index < -0.39 is 0 Å². The molecule has 2 N–H and O–H groups in total. The van der Waals surface area contributed by atoms with E-state index in [2.05, 4.69) is 55.2 Å². The fourth-order valence-corrected chi connectivity index (χ4v) is 2.11. The molecule has 0 fully saturated rings. The average molecular weight is 326 g/mol. The molecule has 0 aliphatic carbocycles. The van der Waals surface area contributed by atoms with Gasteiger partial charge >= 0.3 is 0 Å². The Morgan fingerprint density at radius 1 is 1.12 bits per heavy atom. The maximum absolute atomic E-state index is 12.4. The standard InChI is InChI=1S/C19H26N4O/c1-13(2)12-21-18-20-11-10-16(23-18)17(24)22-15-8-6-14(7-9-15)19(3,4)5/h6-11,13H,12H2,1-5H3,(H,22,24)(H,20,21,23). The second kappa shape index (κ2) is 7.43. The summed E-state index contributed by atoms with van der Waals surface area (Å²) in [5.74, 6) is 0.709. The Balaban J connectivity index is 2.05. The Morgan fingerprint density at radius 3 is 2.38 bits per heavy atom. The second-order valence-electron chi connectivity index (χ2n) is 7.32. The molecule has 1 heterocycles. The molecule has 0 unspecified atom stereocenters. The van der Waals surface area contributed by atoms with Crippen LogP contribution in [-0.4, -0.2) is 22.4 Å². The molecule has 0 saturated carbocycles. The molecule has 1 aromatic carbocycles. The molecule has 128 valence electrons. The number of benzene rings is 1. The van der Waals surface area contributed by atoms with Gasteiger partial charge in [0.25, 0.3) is 5.91 Å². The van der Waals surface area contributed by atoms with Crippen LogP contribution in [0.15, 0.2) is 36.5 Å². The van der Waals surface area contributed by atoms with Gasteiger partial charge in [0.2, 0.25) is 5.95 Å². The fourth-order valence-electron chi connectivity index (χ4n) is 2.11. The van der Waals surface area contributed by atoms with Crippen molar-refractivity contribution in [3.05, 3.63) is 47.8 Å². The lowest BCUT2D eigenvalue weighted by Gasteiger charge is -2.19. The van der Waals surface area contributed by atoms with E-state index in [1.165, 1.54) is 5.56 Å².